The lowest BCUT2D eigenvalue weighted by Gasteiger charge is -2.06. The summed E-state index contributed by atoms with van der Waals surface area (Å²) in [7, 11) is 1.74. The summed E-state index contributed by atoms with van der Waals surface area (Å²) >= 11 is 1.49. The van der Waals surface area contributed by atoms with Gasteiger partial charge in [0.15, 0.2) is 5.13 Å². The van der Waals surface area contributed by atoms with Gasteiger partial charge >= 0.3 is 0 Å². The Morgan fingerprint density at radius 1 is 1.47 bits per heavy atom. The molecule has 2 rings (SSSR count). The Balaban J connectivity index is 2.20. The number of thiazole rings is 1. The second-order valence-corrected chi connectivity index (χ2v) is 5.18. The molecule has 0 saturated carbocycles. The van der Waals surface area contributed by atoms with Crippen LogP contribution < -0.4 is 10.6 Å². The molecule has 0 aliphatic carbocycles. The highest BCUT2D eigenvalue weighted by Crippen LogP contribution is 2.23. The number of nitrogens with zero attached hydrogens (tertiary/aromatic N) is 2. The van der Waals surface area contributed by atoms with Gasteiger partial charge in [0.25, 0.3) is 5.91 Å². The van der Waals surface area contributed by atoms with Gasteiger partial charge < -0.3 is 5.32 Å². The van der Waals surface area contributed by atoms with E-state index in [1.807, 2.05) is 13.8 Å². The molecule has 0 unspecified atom stereocenters. The lowest BCUT2D eigenvalue weighted by molar-refractivity contribution is 0.102. The van der Waals surface area contributed by atoms with Crippen LogP contribution in [0.3, 0.4) is 0 Å². The van der Waals surface area contributed by atoms with Gasteiger partial charge in [-0.25, -0.2) is 9.97 Å². The van der Waals surface area contributed by atoms with Crippen LogP contribution >= 0.6 is 11.3 Å². The molecule has 0 bridgehead atoms. The number of hydrogen-bond donors (Lipinski definition) is 2. The van der Waals surface area contributed by atoms with Crippen molar-refractivity contribution in [3.8, 4) is 0 Å². The summed E-state index contributed by atoms with van der Waals surface area (Å²) in [5.41, 5.74) is 1.54. The molecule has 2 heterocycles. The molecule has 0 aliphatic heterocycles. The first-order chi connectivity index (χ1) is 9.15. The Bertz CT molecular complexity index is 594. The van der Waals surface area contributed by atoms with Crippen molar-refractivity contribution in [2.45, 2.75) is 20.3 Å². The van der Waals surface area contributed by atoms with Crippen molar-refractivity contribution in [1.29, 1.82) is 0 Å². The molecule has 0 saturated heterocycles. The van der Waals surface area contributed by atoms with Gasteiger partial charge in [-0.15, -0.1) is 11.3 Å². The number of pyridine rings is 1. The number of hydrogen-bond acceptors (Lipinski definition) is 5. The predicted octanol–water partition coefficient (Wildman–Crippen LogP) is 2.70. The molecule has 19 heavy (non-hydrogen) atoms. The number of nitrogens with one attached hydrogen (secondary N) is 2. The second kappa shape index (κ2) is 5.79. The second-order valence-electron chi connectivity index (χ2n) is 3.98. The Labute approximate surface area is 116 Å². The highest BCUT2D eigenvalue weighted by atomic mass is 32.1. The van der Waals surface area contributed by atoms with E-state index in [0.717, 1.165) is 17.0 Å². The molecule has 1 amide bonds. The van der Waals surface area contributed by atoms with E-state index >= 15 is 0 Å². The molecule has 0 spiro atoms. The molecular weight excluding hydrogens is 260 g/mol. The molecule has 0 aromatic carbocycles. The van der Waals surface area contributed by atoms with Crippen LogP contribution in [0.15, 0.2) is 18.3 Å². The normalized spacial score (nSPS) is 10.3. The number of carbonyl (C=O) groups excluding carboxylic acids is 1. The van der Waals surface area contributed by atoms with E-state index in [2.05, 4.69) is 20.6 Å². The fourth-order valence-electron chi connectivity index (χ4n) is 1.76. The first-order valence-electron chi connectivity index (χ1n) is 6.06. The highest BCUT2D eigenvalue weighted by molar-refractivity contribution is 7.15. The zero-order valence-corrected chi connectivity index (χ0v) is 12.0. The van der Waals surface area contributed by atoms with Crippen LogP contribution in [0.5, 0.6) is 0 Å². The van der Waals surface area contributed by atoms with Gasteiger partial charge in [0.2, 0.25) is 0 Å². The van der Waals surface area contributed by atoms with Crippen molar-refractivity contribution in [3.63, 3.8) is 0 Å². The summed E-state index contributed by atoms with van der Waals surface area (Å²) in [5, 5.41) is 6.35. The van der Waals surface area contributed by atoms with Crippen LogP contribution in [-0.4, -0.2) is 22.9 Å². The van der Waals surface area contributed by atoms with Crippen LogP contribution in [0.1, 0.15) is 27.9 Å². The molecule has 0 aliphatic rings. The summed E-state index contributed by atoms with van der Waals surface area (Å²) in [5.74, 6) is 0.359. The predicted molar refractivity (Wildman–Crippen MR) is 78.0 cm³/mol. The molecule has 2 N–H and O–H groups in total. The van der Waals surface area contributed by atoms with E-state index in [1.165, 1.54) is 11.3 Å². The molecule has 2 aromatic heterocycles. The maximum absolute atomic E-state index is 12.2. The van der Waals surface area contributed by atoms with E-state index in [9.17, 15) is 4.79 Å². The highest BCUT2D eigenvalue weighted by Gasteiger charge is 2.14. The SMILES string of the molecule is CCc1nc(NC(=O)c2cccnc2NC)sc1C. The van der Waals surface area contributed by atoms with E-state index < -0.39 is 0 Å². The van der Waals surface area contributed by atoms with Gasteiger partial charge in [0, 0.05) is 18.1 Å². The maximum Gasteiger partial charge on any atom is 0.261 e. The van der Waals surface area contributed by atoms with Crippen LogP contribution in [0.2, 0.25) is 0 Å². The van der Waals surface area contributed by atoms with Gasteiger partial charge in [-0.2, -0.15) is 0 Å². The van der Waals surface area contributed by atoms with Crippen molar-refractivity contribution in [2.24, 2.45) is 0 Å². The standard InChI is InChI=1S/C13H16N4OS/c1-4-10-8(2)19-13(16-10)17-12(18)9-6-5-7-15-11(9)14-3/h5-7H,4H2,1-3H3,(H,14,15)(H,16,17,18). The fraction of sp³-hybridized carbons (Fsp3) is 0.308. The molecule has 6 heteroatoms. The first-order valence-corrected chi connectivity index (χ1v) is 6.87. The zero-order valence-electron chi connectivity index (χ0n) is 11.2. The Hall–Kier alpha value is -1.95. The number of carbonyl (C=O) groups is 1. The minimum Gasteiger partial charge on any atom is -0.372 e. The zero-order chi connectivity index (χ0) is 13.8. The molecule has 0 radical (unpaired) electrons. The van der Waals surface area contributed by atoms with Gasteiger partial charge in [0.1, 0.15) is 5.82 Å². The van der Waals surface area contributed by atoms with E-state index in [0.29, 0.717) is 16.5 Å². The molecule has 2 aromatic rings. The minimum absolute atomic E-state index is 0.200. The summed E-state index contributed by atoms with van der Waals surface area (Å²) in [4.78, 5) is 21.8. The molecular formula is C13H16N4OS. The number of rotatable bonds is 4. The van der Waals surface area contributed by atoms with E-state index in [4.69, 9.17) is 0 Å². The first kappa shape index (κ1) is 13.5. The number of aromatic nitrogens is 2. The summed E-state index contributed by atoms with van der Waals surface area (Å²) in [6, 6.07) is 3.47. The van der Waals surface area contributed by atoms with Crippen molar-refractivity contribution >= 4 is 28.2 Å². The van der Waals surface area contributed by atoms with Gasteiger partial charge in [-0.1, -0.05) is 6.92 Å². The molecule has 5 nitrogen and oxygen atoms in total. The Morgan fingerprint density at radius 3 is 2.89 bits per heavy atom. The molecule has 100 valence electrons. The molecule has 0 fully saturated rings. The van der Waals surface area contributed by atoms with Gasteiger partial charge in [0.05, 0.1) is 11.3 Å². The number of amides is 1. The van der Waals surface area contributed by atoms with E-state index in [-0.39, 0.29) is 5.91 Å². The third-order valence-electron chi connectivity index (χ3n) is 2.74. The average molecular weight is 276 g/mol. The quantitative estimate of drug-likeness (QED) is 0.901. The van der Waals surface area contributed by atoms with Crippen LogP contribution in [0, 0.1) is 6.92 Å². The van der Waals surface area contributed by atoms with Gasteiger partial charge in [-0.3, -0.25) is 10.1 Å². The minimum atomic E-state index is -0.200. The summed E-state index contributed by atoms with van der Waals surface area (Å²) in [6.45, 7) is 4.06. The third-order valence-corrected chi connectivity index (χ3v) is 3.67. The van der Waals surface area contributed by atoms with Crippen LogP contribution in [0.4, 0.5) is 10.9 Å². The van der Waals surface area contributed by atoms with Crippen molar-refractivity contribution in [1.82, 2.24) is 9.97 Å². The van der Waals surface area contributed by atoms with Crippen molar-refractivity contribution in [2.75, 3.05) is 17.7 Å². The average Bonchev–Trinajstić information content (AvgIpc) is 2.78. The lowest BCUT2D eigenvalue weighted by Crippen LogP contribution is -2.14. The summed E-state index contributed by atoms with van der Waals surface area (Å²) in [6.07, 6.45) is 2.51. The number of aryl methyl sites for hydroxylation is 2. The topological polar surface area (TPSA) is 66.9 Å². The lowest BCUT2D eigenvalue weighted by atomic mass is 10.2. The Kier molecular flexibility index (Phi) is 4.11. The summed E-state index contributed by atoms with van der Waals surface area (Å²) < 4.78 is 0. The third kappa shape index (κ3) is 2.90. The maximum atomic E-state index is 12.2. The van der Waals surface area contributed by atoms with Crippen molar-refractivity contribution in [3.05, 3.63) is 34.5 Å². The fourth-order valence-corrected chi connectivity index (χ4v) is 2.66. The molecule has 0 atom stereocenters. The van der Waals surface area contributed by atoms with Crippen molar-refractivity contribution < 1.29 is 4.79 Å². The van der Waals surface area contributed by atoms with Crippen LogP contribution in [0.25, 0.3) is 0 Å². The van der Waals surface area contributed by atoms with E-state index in [1.54, 1.807) is 25.4 Å². The smallest absolute Gasteiger partial charge is 0.261 e. The van der Waals surface area contributed by atoms with Gasteiger partial charge in [-0.05, 0) is 25.5 Å². The largest absolute Gasteiger partial charge is 0.372 e. The monoisotopic (exact) mass is 276 g/mol. The Morgan fingerprint density at radius 2 is 2.26 bits per heavy atom. The number of anilines is 2. The van der Waals surface area contributed by atoms with Crippen LogP contribution in [-0.2, 0) is 6.42 Å².